The first-order chi connectivity index (χ1) is 15.0. The Hall–Kier alpha value is -2.55. The van der Waals surface area contributed by atoms with Gasteiger partial charge in [0.15, 0.2) is 10.9 Å². The van der Waals surface area contributed by atoms with Crippen LogP contribution >= 0.6 is 34.7 Å². The van der Waals surface area contributed by atoms with Crippen molar-refractivity contribution in [3.8, 4) is 0 Å². The monoisotopic (exact) mass is 475 g/mol. The van der Waals surface area contributed by atoms with Crippen molar-refractivity contribution in [1.82, 2.24) is 9.97 Å². The van der Waals surface area contributed by atoms with Crippen LogP contribution in [0.15, 0.2) is 65.7 Å². The minimum absolute atomic E-state index is 0.0516. The van der Waals surface area contributed by atoms with E-state index in [1.807, 2.05) is 18.2 Å². The predicted molar refractivity (Wildman–Crippen MR) is 122 cm³/mol. The normalized spacial score (nSPS) is 11.1. The molecule has 0 N–H and O–H groups in total. The highest BCUT2D eigenvalue weighted by molar-refractivity contribution is 7.99. The molecule has 0 aliphatic heterocycles. The Bertz CT molecular complexity index is 1200. The van der Waals surface area contributed by atoms with Crippen molar-refractivity contribution >= 4 is 56.0 Å². The lowest BCUT2D eigenvalue weighted by Gasteiger charge is -2.19. The molecule has 4 nitrogen and oxygen atoms in total. The average Bonchev–Trinajstić information content (AvgIpc) is 3.18. The number of carbonyl (C=O) groups is 1. The maximum Gasteiger partial charge on any atom is 0.229 e. The number of fused-ring (bicyclic) bond motifs is 1. The van der Waals surface area contributed by atoms with Gasteiger partial charge in [0, 0.05) is 34.4 Å². The third-order valence-corrected chi connectivity index (χ3v) is 6.67. The molecule has 1 amide bonds. The molecule has 31 heavy (non-hydrogen) atoms. The van der Waals surface area contributed by atoms with Crippen molar-refractivity contribution < 1.29 is 13.6 Å². The maximum absolute atomic E-state index is 14.1. The van der Waals surface area contributed by atoms with E-state index in [1.165, 1.54) is 22.7 Å². The van der Waals surface area contributed by atoms with Crippen LogP contribution in [0.2, 0.25) is 5.02 Å². The maximum atomic E-state index is 14.1. The fourth-order valence-corrected chi connectivity index (χ4v) is 4.89. The van der Waals surface area contributed by atoms with Gasteiger partial charge in [-0.2, -0.15) is 0 Å². The molecular weight excluding hydrogens is 460 g/mol. The van der Waals surface area contributed by atoms with Crippen LogP contribution in [0.1, 0.15) is 12.1 Å². The number of halogens is 3. The van der Waals surface area contributed by atoms with Gasteiger partial charge in [-0.05, 0) is 42.5 Å². The van der Waals surface area contributed by atoms with Crippen molar-refractivity contribution in [3.05, 3.63) is 83.1 Å². The van der Waals surface area contributed by atoms with Gasteiger partial charge in [-0.3, -0.25) is 14.7 Å². The molecule has 0 aliphatic rings. The summed E-state index contributed by atoms with van der Waals surface area (Å²) in [4.78, 5) is 24.1. The Kier molecular flexibility index (Phi) is 6.80. The van der Waals surface area contributed by atoms with E-state index in [1.54, 1.807) is 30.5 Å². The lowest BCUT2D eigenvalue weighted by atomic mass is 10.3. The minimum atomic E-state index is -0.749. The third kappa shape index (κ3) is 5.39. The highest BCUT2D eigenvalue weighted by Gasteiger charge is 2.22. The lowest BCUT2D eigenvalue weighted by molar-refractivity contribution is -0.118. The molecule has 0 aliphatic carbocycles. The molecule has 0 saturated heterocycles. The quantitative estimate of drug-likeness (QED) is 0.293. The van der Waals surface area contributed by atoms with E-state index in [0.717, 1.165) is 22.3 Å². The minimum Gasteiger partial charge on any atom is -0.282 e. The number of thioether (sulfide) groups is 1. The Labute approximate surface area is 190 Å². The van der Waals surface area contributed by atoms with E-state index in [4.69, 9.17) is 11.6 Å². The van der Waals surface area contributed by atoms with Crippen molar-refractivity contribution in [2.24, 2.45) is 0 Å². The highest BCUT2D eigenvalue weighted by Crippen LogP contribution is 2.32. The Morgan fingerprint density at radius 1 is 1.13 bits per heavy atom. The number of thiazole rings is 1. The smallest absolute Gasteiger partial charge is 0.229 e. The fraction of sp³-hybridized carbons (Fsp3) is 0.136. The molecule has 0 saturated carbocycles. The molecule has 4 rings (SSSR count). The molecule has 2 aromatic heterocycles. The number of hydrogen-bond acceptors (Lipinski definition) is 5. The van der Waals surface area contributed by atoms with Crippen LogP contribution in [0.3, 0.4) is 0 Å². The van der Waals surface area contributed by atoms with Crippen molar-refractivity contribution in [1.29, 1.82) is 0 Å². The second-order valence-electron chi connectivity index (χ2n) is 6.58. The number of carbonyl (C=O) groups excluding carboxylic acids is 1. The van der Waals surface area contributed by atoms with Gasteiger partial charge in [0.2, 0.25) is 5.91 Å². The Morgan fingerprint density at radius 2 is 1.94 bits per heavy atom. The Morgan fingerprint density at radius 3 is 2.68 bits per heavy atom. The molecule has 0 bridgehead atoms. The SMILES string of the molecule is O=C(CCSc1ccc(Cl)cc1)N(Cc1ccccn1)c1nc2c(F)cc(F)cc2s1. The molecule has 4 aromatic rings. The molecular formula is C22H16ClF2N3OS2. The van der Waals surface area contributed by atoms with Crippen LogP contribution in [0, 0.1) is 11.6 Å². The number of pyridine rings is 1. The van der Waals surface area contributed by atoms with E-state index < -0.39 is 11.6 Å². The zero-order valence-electron chi connectivity index (χ0n) is 16.1. The summed E-state index contributed by atoms with van der Waals surface area (Å²) < 4.78 is 28.1. The number of hydrogen-bond donors (Lipinski definition) is 0. The third-order valence-electron chi connectivity index (χ3n) is 4.38. The first-order valence-corrected chi connectivity index (χ1v) is 11.5. The number of aromatic nitrogens is 2. The summed E-state index contributed by atoms with van der Waals surface area (Å²) in [5, 5.41) is 0.966. The van der Waals surface area contributed by atoms with Crippen LogP contribution in [-0.2, 0) is 11.3 Å². The summed E-state index contributed by atoms with van der Waals surface area (Å²) in [6.45, 7) is 0.190. The van der Waals surface area contributed by atoms with Gasteiger partial charge in [0.25, 0.3) is 0 Å². The summed E-state index contributed by atoms with van der Waals surface area (Å²) in [7, 11) is 0. The lowest BCUT2D eigenvalue weighted by Crippen LogP contribution is -2.30. The van der Waals surface area contributed by atoms with Gasteiger partial charge in [-0.25, -0.2) is 13.8 Å². The van der Waals surface area contributed by atoms with Crippen molar-refractivity contribution in [2.45, 2.75) is 17.9 Å². The summed E-state index contributed by atoms with van der Waals surface area (Å²) in [5.41, 5.74) is 0.725. The molecule has 0 unspecified atom stereocenters. The van der Waals surface area contributed by atoms with E-state index in [-0.39, 0.29) is 24.4 Å². The largest absolute Gasteiger partial charge is 0.282 e. The molecule has 0 atom stereocenters. The Balaban J connectivity index is 1.55. The fourth-order valence-electron chi connectivity index (χ4n) is 2.90. The number of benzene rings is 2. The average molecular weight is 476 g/mol. The number of anilines is 1. The molecule has 158 valence electrons. The summed E-state index contributed by atoms with van der Waals surface area (Å²) in [6.07, 6.45) is 1.88. The van der Waals surface area contributed by atoms with Gasteiger partial charge in [-0.1, -0.05) is 29.0 Å². The first kappa shape index (κ1) is 21.7. The topological polar surface area (TPSA) is 46.1 Å². The molecule has 0 spiro atoms. The number of rotatable bonds is 7. The number of amides is 1. The summed E-state index contributed by atoms with van der Waals surface area (Å²) >= 11 is 8.52. The van der Waals surface area contributed by atoms with Crippen LogP contribution in [-0.4, -0.2) is 21.6 Å². The second kappa shape index (κ2) is 9.72. The van der Waals surface area contributed by atoms with Crippen LogP contribution in [0.4, 0.5) is 13.9 Å². The standard InChI is InChI=1S/C22H16ClF2N3OS2/c23-14-4-6-17(7-5-14)30-10-8-20(29)28(13-16-3-1-2-9-26-16)22-27-21-18(25)11-15(24)12-19(21)31-22/h1-7,9,11-12H,8,10,13H2. The van der Waals surface area contributed by atoms with Crippen LogP contribution in [0.5, 0.6) is 0 Å². The van der Waals surface area contributed by atoms with Gasteiger partial charge in [-0.15, -0.1) is 11.8 Å². The van der Waals surface area contributed by atoms with Crippen molar-refractivity contribution in [3.63, 3.8) is 0 Å². The highest BCUT2D eigenvalue weighted by atomic mass is 35.5. The van der Waals surface area contributed by atoms with E-state index >= 15 is 0 Å². The molecule has 2 heterocycles. The predicted octanol–water partition coefficient (Wildman–Crippen LogP) is 6.34. The number of nitrogens with zero attached hydrogens (tertiary/aromatic N) is 3. The van der Waals surface area contributed by atoms with Gasteiger partial charge < -0.3 is 0 Å². The molecule has 9 heteroatoms. The zero-order chi connectivity index (χ0) is 21.8. The van der Waals surface area contributed by atoms with Gasteiger partial charge in [0.05, 0.1) is 16.9 Å². The van der Waals surface area contributed by atoms with E-state index in [2.05, 4.69) is 9.97 Å². The van der Waals surface area contributed by atoms with Gasteiger partial charge in [0.1, 0.15) is 11.3 Å². The van der Waals surface area contributed by atoms with Gasteiger partial charge >= 0.3 is 0 Å². The van der Waals surface area contributed by atoms with Crippen LogP contribution in [0.25, 0.3) is 10.2 Å². The second-order valence-corrected chi connectivity index (χ2v) is 9.20. The summed E-state index contributed by atoms with van der Waals surface area (Å²) in [6, 6.07) is 14.8. The molecule has 0 fully saturated rings. The van der Waals surface area contributed by atoms with Crippen LogP contribution < -0.4 is 4.90 Å². The summed E-state index contributed by atoms with van der Waals surface area (Å²) in [5.74, 6) is -1.05. The zero-order valence-corrected chi connectivity index (χ0v) is 18.5. The first-order valence-electron chi connectivity index (χ1n) is 9.34. The molecule has 2 aromatic carbocycles. The molecule has 0 radical (unpaired) electrons. The van der Waals surface area contributed by atoms with E-state index in [0.29, 0.717) is 26.3 Å². The van der Waals surface area contributed by atoms with Crippen molar-refractivity contribution in [2.75, 3.05) is 10.7 Å². The van der Waals surface area contributed by atoms with E-state index in [9.17, 15) is 13.6 Å².